The zero-order chi connectivity index (χ0) is 15.4. The Hall–Kier alpha value is -0.806. The summed E-state index contributed by atoms with van der Waals surface area (Å²) in [5.41, 5.74) is 2.07. The molecule has 3 nitrogen and oxygen atoms in total. The van der Waals surface area contributed by atoms with Crippen molar-refractivity contribution in [1.82, 2.24) is 4.90 Å². The van der Waals surface area contributed by atoms with Gasteiger partial charge in [0.2, 0.25) is 5.91 Å². The van der Waals surface area contributed by atoms with Gasteiger partial charge in [-0.3, -0.25) is 4.79 Å². The van der Waals surface area contributed by atoms with Gasteiger partial charge < -0.3 is 9.64 Å². The van der Waals surface area contributed by atoms with Crippen LogP contribution in [-0.2, 0) is 37.5 Å². The molecule has 1 aliphatic rings. The Morgan fingerprint density at radius 2 is 2.14 bits per heavy atom. The van der Waals surface area contributed by atoms with Crippen LogP contribution in [0.25, 0.3) is 5.70 Å². The molecule has 0 aromatic heterocycles. The number of benzene rings is 1. The number of alkyl halides is 2. The molecule has 0 atom stereocenters. The van der Waals surface area contributed by atoms with E-state index in [9.17, 15) is 13.6 Å². The van der Waals surface area contributed by atoms with Gasteiger partial charge in [0.1, 0.15) is 5.75 Å². The summed E-state index contributed by atoms with van der Waals surface area (Å²) in [7, 11) is 0. The molecule has 0 fully saturated rings. The molecule has 1 radical (unpaired) electrons. The van der Waals surface area contributed by atoms with Gasteiger partial charge in [0.05, 0.1) is 13.2 Å². The number of carbonyl (C=O) groups excluding carboxylic acids is 1. The molecule has 1 aliphatic heterocycles. The number of ether oxygens (including phenoxy) is 1. The van der Waals surface area contributed by atoms with Gasteiger partial charge in [0.15, 0.2) is 0 Å². The Kier molecular flexibility index (Phi) is 7.63. The van der Waals surface area contributed by atoms with Gasteiger partial charge in [0.25, 0.3) is 6.43 Å². The predicted octanol–water partition coefficient (Wildman–Crippen LogP) is 3.42. The second kappa shape index (κ2) is 8.73. The van der Waals surface area contributed by atoms with Crippen LogP contribution in [0.4, 0.5) is 8.78 Å². The van der Waals surface area contributed by atoms with Gasteiger partial charge in [-0.05, 0) is 19.1 Å². The first-order valence-corrected chi connectivity index (χ1v) is 6.96. The van der Waals surface area contributed by atoms with Crippen LogP contribution in [0, 0.1) is 13.0 Å². The van der Waals surface area contributed by atoms with E-state index >= 15 is 0 Å². The molecule has 1 amide bonds. The summed E-state index contributed by atoms with van der Waals surface area (Å²) in [6.07, 6.45) is 1.19. The van der Waals surface area contributed by atoms with Crippen molar-refractivity contribution in [2.45, 2.75) is 33.1 Å². The number of rotatable bonds is 5. The van der Waals surface area contributed by atoms with E-state index in [4.69, 9.17) is 4.74 Å². The van der Waals surface area contributed by atoms with Gasteiger partial charge in [-0.25, -0.2) is 14.9 Å². The van der Waals surface area contributed by atoms with Crippen LogP contribution in [0.1, 0.15) is 30.9 Å². The third-order valence-electron chi connectivity index (χ3n) is 3.29. The first kappa shape index (κ1) is 19.2. The molecule has 1 heterocycles. The Labute approximate surface area is 154 Å². The van der Waals surface area contributed by atoms with E-state index in [1.807, 2.05) is 19.9 Å². The van der Waals surface area contributed by atoms with Crippen molar-refractivity contribution in [3.8, 4) is 5.75 Å². The third kappa shape index (κ3) is 4.59. The fourth-order valence-corrected chi connectivity index (χ4v) is 2.37. The number of amides is 1. The molecule has 0 unspecified atom stereocenters. The molecule has 2 rings (SSSR count). The van der Waals surface area contributed by atoms with Crippen LogP contribution in [0.5, 0.6) is 5.75 Å². The smallest absolute Gasteiger partial charge is 0.256 e. The summed E-state index contributed by atoms with van der Waals surface area (Å²) in [5.74, 6) is 0.444. The molecule has 1 aromatic rings. The summed E-state index contributed by atoms with van der Waals surface area (Å²) >= 11 is 0. The van der Waals surface area contributed by atoms with Crippen molar-refractivity contribution in [2.75, 3.05) is 13.2 Å². The monoisotopic (exact) mass is 383 g/mol. The Morgan fingerprint density at radius 1 is 1.41 bits per heavy atom. The van der Waals surface area contributed by atoms with Gasteiger partial charge in [-0.2, -0.15) is 0 Å². The minimum Gasteiger partial charge on any atom is -0.494 e. The number of hydrogen-bond donors (Lipinski definition) is 0. The Bertz CT molecular complexity index is 561. The first-order valence-electron chi connectivity index (χ1n) is 6.96. The summed E-state index contributed by atoms with van der Waals surface area (Å²) < 4.78 is 30.8. The SMILES string of the molecule is CCOc1ccc(C2=[C-]CCC(=O)N2CC(F)F)c(C)c1.[Y]. The summed E-state index contributed by atoms with van der Waals surface area (Å²) in [6.45, 7) is 3.73. The number of allylic oxidation sites excluding steroid dienone is 1. The molecule has 22 heavy (non-hydrogen) atoms. The van der Waals surface area contributed by atoms with E-state index in [1.165, 1.54) is 0 Å². The van der Waals surface area contributed by atoms with Gasteiger partial charge in [0, 0.05) is 39.1 Å². The molecule has 0 bridgehead atoms. The number of halogens is 2. The summed E-state index contributed by atoms with van der Waals surface area (Å²) in [6, 6.07) is 5.41. The number of aryl methyl sites for hydroxylation is 1. The van der Waals surface area contributed by atoms with Crippen molar-refractivity contribution < 1.29 is 51.0 Å². The molecule has 117 valence electrons. The molecule has 0 saturated heterocycles. The van der Waals surface area contributed by atoms with Crippen LogP contribution in [0.15, 0.2) is 18.2 Å². The van der Waals surface area contributed by atoms with Gasteiger partial charge in [-0.1, -0.05) is 6.92 Å². The van der Waals surface area contributed by atoms with E-state index in [0.717, 1.165) is 21.8 Å². The average molecular weight is 383 g/mol. The fraction of sp³-hybridized carbons (Fsp3) is 0.438. The second-order valence-electron chi connectivity index (χ2n) is 4.83. The largest absolute Gasteiger partial charge is 0.494 e. The van der Waals surface area contributed by atoms with E-state index in [0.29, 0.717) is 18.7 Å². The van der Waals surface area contributed by atoms with Gasteiger partial charge in [-0.15, -0.1) is 29.3 Å². The molecular weight excluding hydrogens is 365 g/mol. The van der Waals surface area contributed by atoms with Crippen LogP contribution in [-0.4, -0.2) is 30.4 Å². The Morgan fingerprint density at radius 3 is 2.73 bits per heavy atom. The molecule has 0 saturated carbocycles. The van der Waals surface area contributed by atoms with E-state index in [2.05, 4.69) is 6.08 Å². The van der Waals surface area contributed by atoms with Crippen LogP contribution < -0.4 is 4.74 Å². The minimum atomic E-state index is -2.56. The maximum atomic E-state index is 12.7. The quantitative estimate of drug-likeness (QED) is 0.730. The van der Waals surface area contributed by atoms with Crippen molar-refractivity contribution in [3.63, 3.8) is 0 Å². The van der Waals surface area contributed by atoms with E-state index in [-0.39, 0.29) is 45.0 Å². The Balaban J connectivity index is 0.00000242. The number of hydrogen-bond acceptors (Lipinski definition) is 2. The molecule has 0 spiro atoms. The average Bonchev–Trinajstić information content (AvgIpc) is 2.42. The molecule has 1 aromatic carbocycles. The van der Waals surface area contributed by atoms with Crippen molar-refractivity contribution in [3.05, 3.63) is 35.4 Å². The van der Waals surface area contributed by atoms with Gasteiger partial charge >= 0.3 is 0 Å². The number of carbonyl (C=O) groups is 1. The van der Waals surface area contributed by atoms with E-state index < -0.39 is 13.0 Å². The molecule has 0 N–H and O–H groups in total. The number of nitrogens with zero attached hydrogens (tertiary/aromatic N) is 1. The van der Waals surface area contributed by atoms with Crippen LogP contribution >= 0.6 is 0 Å². The maximum Gasteiger partial charge on any atom is 0.256 e. The zero-order valence-electron chi connectivity index (χ0n) is 12.7. The van der Waals surface area contributed by atoms with Crippen molar-refractivity contribution >= 4 is 11.6 Å². The van der Waals surface area contributed by atoms with E-state index in [1.54, 1.807) is 12.1 Å². The topological polar surface area (TPSA) is 29.5 Å². The zero-order valence-corrected chi connectivity index (χ0v) is 15.6. The minimum absolute atomic E-state index is 0. The predicted molar refractivity (Wildman–Crippen MR) is 75.9 cm³/mol. The standard InChI is InChI=1S/C16H18F2NO2.Y/c1-3-21-12-7-8-13(11(2)9-12)14-5-4-6-16(20)19(14)10-15(17)18;/h7-9,15H,3-4,6,10H2,1-2H3;/q-1;. The summed E-state index contributed by atoms with van der Waals surface area (Å²) in [5, 5.41) is 0. The second-order valence-corrected chi connectivity index (χ2v) is 4.83. The van der Waals surface area contributed by atoms with Crippen LogP contribution in [0.2, 0.25) is 0 Å². The third-order valence-corrected chi connectivity index (χ3v) is 3.29. The normalized spacial score (nSPS) is 14.7. The van der Waals surface area contributed by atoms with Crippen molar-refractivity contribution in [2.24, 2.45) is 0 Å². The molecule has 6 heteroatoms. The van der Waals surface area contributed by atoms with Crippen LogP contribution in [0.3, 0.4) is 0 Å². The molecule has 0 aliphatic carbocycles. The van der Waals surface area contributed by atoms with Crippen molar-refractivity contribution in [1.29, 1.82) is 0 Å². The maximum absolute atomic E-state index is 12.7. The fourth-order valence-electron chi connectivity index (χ4n) is 2.37. The molecular formula is C16H18F2NO2Y-. The summed E-state index contributed by atoms with van der Waals surface area (Å²) in [4.78, 5) is 13.0. The first-order chi connectivity index (χ1) is 10.0.